The Morgan fingerprint density at radius 1 is 1.25 bits per heavy atom. The number of hydrogen-bond acceptors (Lipinski definition) is 2. The highest BCUT2D eigenvalue weighted by molar-refractivity contribution is 8.00. The average Bonchev–Trinajstić information content (AvgIpc) is 2.35. The van der Waals surface area contributed by atoms with E-state index in [0.717, 1.165) is 0 Å². The minimum absolute atomic E-state index is 0.554. The van der Waals surface area contributed by atoms with Gasteiger partial charge in [-0.1, -0.05) is 39.0 Å². The number of nitrogens with one attached hydrogen (secondary N) is 1. The van der Waals surface area contributed by atoms with E-state index in [1.165, 1.54) is 57.9 Å². The summed E-state index contributed by atoms with van der Waals surface area (Å²) in [6.45, 7) is 5.84. The lowest BCUT2D eigenvalue weighted by molar-refractivity contribution is 0.359. The maximum absolute atomic E-state index is 3.76. The standard InChI is InChI=1S/C14H29NS/c1-4-5-9-13(2)15-12-14(16-3)10-7-6-8-11-14/h13,15H,4-12H2,1-3H3. The van der Waals surface area contributed by atoms with Crippen LogP contribution in [0.1, 0.15) is 65.2 Å². The van der Waals surface area contributed by atoms with Gasteiger partial charge in [-0.05, 0) is 32.4 Å². The van der Waals surface area contributed by atoms with Crippen LogP contribution in [-0.2, 0) is 0 Å². The van der Waals surface area contributed by atoms with Crippen molar-refractivity contribution in [1.29, 1.82) is 0 Å². The zero-order valence-electron chi connectivity index (χ0n) is 11.3. The van der Waals surface area contributed by atoms with E-state index in [4.69, 9.17) is 0 Å². The van der Waals surface area contributed by atoms with Gasteiger partial charge in [0.05, 0.1) is 0 Å². The highest BCUT2D eigenvalue weighted by Crippen LogP contribution is 2.38. The molecular formula is C14H29NS. The molecule has 1 aliphatic carbocycles. The maximum atomic E-state index is 3.76. The summed E-state index contributed by atoms with van der Waals surface area (Å²) >= 11 is 2.10. The largest absolute Gasteiger partial charge is 0.313 e. The molecular weight excluding hydrogens is 214 g/mol. The molecule has 1 fully saturated rings. The molecule has 0 amide bonds. The molecule has 0 spiro atoms. The maximum Gasteiger partial charge on any atom is 0.0281 e. The van der Waals surface area contributed by atoms with Crippen molar-refractivity contribution in [2.75, 3.05) is 12.8 Å². The van der Waals surface area contributed by atoms with E-state index in [9.17, 15) is 0 Å². The third-order valence-corrected chi connectivity index (χ3v) is 5.38. The van der Waals surface area contributed by atoms with Gasteiger partial charge in [-0.15, -0.1) is 0 Å². The van der Waals surface area contributed by atoms with Gasteiger partial charge in [-0.2, -0.15) is 11.8 Å². The Balaban J connectivity index is 2.27. The topological polar surface area (TPSA) is 12.0 Å². The average molecular weight is 243 g/mol. The Bertz CT molecular complexity index is 176. The molecule has 1 nitrogen and oxygen atoms in total. The number of unbranched alkanes of at least 4 members (excludes halogenated alkanes) is 1. The normalized spacial score (nSPS) is 21.9. The summed E-state index contributed by atoms with van der Waals surface area (Å²) in [6, 6.07) is 0.700. The van der Waals surface area contributed by atoms with Crippen molar-refractivity contribution in [2.24, 2.45) is 0 Å². The van der Waals surface area contributed by atoms with Crippen molar-refractivity contribution in [3.05, 3.63) is 0 Å². The van der Waals surface area contributed by atoms with Crippen LogP contribution in [0.2, 0.25) is 0 Å². The number of thioether (sulfide) groups is 1. The molecule has 0 radical (unpaired) electrons. The van der Waals surface area contributed by atoms with Crippen LogP contribution in [0.3, 0.4) is 0 Å². The fourth-order valence-electron chi connectivity index (χ4n) is 2.62. The number of rotatable bonds is 7. The molecule has 1 atom stereocenters. The van der Waals surface area contributed by atoms with Gasteiger partial charge < -0.3 is 5.32 Å². The quantitative estimate of drug-likeness (QED) is 0.718. The molecule has 1 rings (SSSR count). The zero-order valence-corrected chi connectivity index (χ0v) is 12.2. The summed E-state index contributed by atoms with van der Waals surface area (Å²) in [5.41, 5.74) is 0. The van der Waals surface area contributed by atoms with Crippen molar-refractivity contribution in [2.45, 2.75) is 76.0 Å². The van der Waals surface area contributed by atoms with Gasteiger partial charge >= 0.3 is 0 Å². The van der Waals surface area contributed by atoms with Gasteiger partial charge in [0, 0.05) is 17.3 Å². The lowest BCUT2D eigenvalue weighted by Gasteiger charge is -2.37. The Labute approximate surface area is 106 Å². The first-order chi connectivity index (χ1) is 7.72. The Kier molecular flexibility index (Phi) is 6.83. The molecule has 0 aliphatic heterocycles. The lowest BCUT2D eigenvalue weighted by atomic mass is 9.88. The van der Waals surface area contributed by atoms with Crippen LogP contribution in [0, 0.1) is 0 Å². The van der Waals surface area contributed by atoms with E-state index >= 15 is 0 Å². The van der Waals surface area contributed by atoms with E-state index in [1.807, 2.05) is 0 Å². The van der Waals surface area contributed by atoms with Gasteiger partial charge in [0.25, 0.3) is 0 Å². The minimum atomic E-state index is 0.554. The van der Waals surface area contributed by atoms with E-state index in [0.29, 0.717) is 10.8 Å². The first kappa shape index (κ1) is 14.4. The molecule has 16 heavy (non-hydrogen) atoms. The molecule has 0 aromatic heterocycles. The smallest absolute Gasteiger partial charge is 0.0281 e. The van der Waals surface area contributed by atoms with Crippen molar-refractivity contribution in [3.8, 4) is 0 Å². The van der Waals surface area contributed by atoms with Crippen molar-refractivity contribution in [3.63, 3.8) is 0 Å². The second-order valence-corrected chi connectivity index (χ2v) is 6.65. The van der Waals surface area contributed by atoms with Crippen LogP contribution in [0.5, 0.6) is 0 Å². The number of hydrogen-bond donors (Lipinski definition) is 1. The molecule has 1 N–H and O–H groups in total. The molecule has 1 saturated carbocycles. The van der Waals surface area contributed by atoms with Crippen LogP contribution in [0.4, 0.5) is 0 Å². The van der Waals surface area contributed by atoms with E-state index in [2.05, 4.69) is 37.2 Å². The minimum Gasteiger partial charge on any atom is -0.313 e. The van der Waals surface area contributed by atoms with Gasteiger partial charge in [-0.3, -0.25) is 0 Å². The SMILES string of the molecule is CCCCC(C)NCC1(SC)CCCCC1. The Hall–Kier alpha value is 0.310. The van der Waals surface area contributed by atoms with Gasteiger partial charge in [0.15, 0.2) is 0 Å². The lowest BCUT2D eigenvalue weighted by Crippen LogP contribution is -2.42. The molecule has 2 heteroatoms. The van der Waals surface area contributed by atoms with Crippen LogP contribution in [0.25, 0.3) is 0 Å². The summed E-state index contributed by atoms with van der Waals surface area (Å²) in [4.78, 5) is 0. The Morgan fingerprint density at radius 3 is 2.50 bits per heavy atom. The summed E-state index contributed by atoms with van der Waals surface area (Å²) < 4.78 is 0.554. The third kappa shape index (κ3) is 4.67. The van der Waals surface area contributed by atoms with Crippen LogP contribution >= 0.6 is 11.8 Å². The molecule has 0 aromatic rings. The summed E-state index contributed by atoms with van der Waals surface area (Å²) in [5.74, 6) is 0. The van der Waals surface area contributed by atoms with Crippen molar-refractivity contribution < 1.29 is 0 Å². The predicted molar refractivity (Wildman–Crippen MR) is 76.3 cm³/mol. The van der Waals surface area contributed by atoms with Crippen LogP contribution in [0.15, 0.2) is 0 Å². The fraction of sp³-hybridized carbons (Fsp3) is 1.00. The second kappa shape index (κ2) is 7.60. The molecule has 0 aromatic carbocycles. The Morgan fingerprint density at radius 2 is 1.94 bits per heavy atom. The van der Waals surface area contributed by atoms with Gasteiger partial charge in [0.2, 0.25) is 0 Å². The molecule has 1 aliphatic rings. The van der Waals surface area contributed by atoms with Gasteiger partial charge in [0.1, 0.15) is 0 Å². The van der Waals surface area contributed by atoms with Crippen LogP contribution in [-0.4, -0.2) is 23.6 Å². The first-order valence-corrected chi connectivity index (χ1v) is 8.23. The zero-order chi connectivity index (χ0) is 11.9. The molecule has 1 unspecified atom stereocenters. The van der Waals surface area contributed by atoms with Crippen molar-refractivity contribution >= 4 is 11.8 Å². The fourth-order valence-corrected chi connectivity index (χ4v) is 3.55. The van der Waals surface area contributed by atoms with Crippen molar-refractivity contribution in [1.82, 2.24) is 5.32 Å². The first-order valence-electron chi connectivity index (χ1n) is 7.01. The molecule has 0 bridgehead atoms. The van der Waals surface area contributed by atoms with E-state index < -0.39 is 0 Å². The highest BCUT2D eigenvalue weighted by Gasteiger charge is 2.30. The second-order valence-electron chi connectivity index (χ2n) is 5.37. The molecule has 96 valence electrons. The van der Waals surface area contributed by atoms with Gasteiger partial charge in [-0.25, -0.2) is 0 Å². The highest BCUT2D eigenvalue weighted by atomic mass is 32.2. The van der Waals surface area contributed by atoms with Crippen LogP contribution < -0.4 is 5.32 Å². The summed E-state index contributed by atoms with van der Waals surface area (Å²) in [5, 5.41) is 3.76. The monoisotopic (exact) mass is 243 g/mol. The third-order valence-electron chi connectivity index (χ3n) is 3.96. The summed E-state index contributed by atoms with van der Waals surface area (Å²) in [6.07, 6.45) is 13.5. The van der Waals surface area contributed by atoms with E-state index in [-0.39, 0.29) is 0 Å². The predicted octanol–water partition coefficient (Wildman–Crippen LogP) is 4.22. The summed E-state index contributed by atoms with van der Waals surface area (Å²) in [7, 11) is 0. The molecule has 0 heterocycles. The van der Waals surface area contributed by atoms with E-state index in [1.54, 1.807) is 0 Å². The molecule has 0 saturated heterocycles.